The van der Waals surface area contributed by atoms with Crippen LogP contribution >= 0.6 is 11.3 Å². The van der Waals surface area contributed by atoms with Gasteiger partial charge in [0.25, 0.3) is 0 Å². The number of nitrogens with zero attached hydrogens (tertiary/aromatic N) is 5. The summed E-state index contributed by atoms with van der Waals surface area (Å²) in [6.07, 6.45) is -1.14. The molecule has 0 saturated carbocycles. The first kappa shape index (κ1) is 36.7. The molecule has 1 aliphatic rings. The number of amides is 3. The highest BCUT2D eigenvalue weighted by Gasteiger charge is 2.41. The smallest absolute Gasteiger partial charge is 0.423 e. The van der Waals surface area contributed by atoms with Crippen molar-refractivity contribution in [1.29, 1.82) is 0 Å². The molecule has 1 aliphatic heterocycles. The molecule has 3 N–H and O–H groups in total. The van der Waals surface area contributed by atoms with Crippen LogP contribution < -0.4 is 5.32 Å². The summed E-state index contributed by atoms with van der Waals surface area (Å²) in [5.41, 5.74) is 1.19. The minimum absolute atomic E-state index is 0.0407. The molecule has 0 radical (unpaired) electrons. The van der Waals surface area contributed by atoms with Crippen LogP contribution in [0.4, 0.5) is 9.93 Å². The molecule has 1 saturated heterocycles. The van der Waals surface area contributed by atoms with Gasteiger partial charge in [0, 0.05) is 31.6 Å². The van der Waals surface area contributed by atoms with Crippen molar-refractivity contribution in [2.24, 2.45) is 11.8 Å². The van der Waals surface area contributed by atoms with E-state index in [1.807, 2.05) is 44.2 Å². The molecule has 3 aromatic rings. The number of benzene rings is 2. The molecule has 14 nitrogen and oxygen atoms in total. The van der Waals surface area contributed by atoms with E-state index in [9.17, 15) is 38.3 Å². The summed E-state index contributed by atoms with van der Waals surface area (Å²) in [6, 6.07) is 12.1. The Hall–Kier alpha value is -4.12. The van der Waals surface area contributed by atoms with E-state index in [1.165, 1.54) is 43.8 Å². The highest BCUT2D eigenvalue weighted by Crippen LogP contribution is 2.25. The summed E-state index contributed by atoms with van der Waals surface area (Å²) in [4.78, 5) is 44.8. The summed E-state index contributed by atoms with van der Waals surface area (Å²) in [5, 5.41) is 36.6. The molecular weight excluding hydrogens is 661 g/mol. The Morgan fingerprint density at radius 2 is 1.75 bits per heavy atom. The lowest BCUT2D eigenvalue weighted by Gasteiger charge is -2.34. The standard InChI is InChI=1S/C32H42N6O8S2/c1-21(2)17-36(48(45,46)26-12-10-25(39)11-13-26)19-28(40)27(16-23-8-6-5-7-9-23)34-30(41)29(22(3)4)37-15-14-35(32(37)42)18-24-20-47-31(33-24)38(43)44/h5-13,20-22,27-29,39-40H,14-19H2,1-4H3,(H,34,41)/t27-,28+,29?/m0/s1. The van der Waals surface area contributed by atoms with Crippen LogP contribution in [0.3, 0.4) is 0 Å². The van der Waals surface area contributed by atoms with Gasteiger partial charge in [-0.15, -0.1) is 0 Å². The first-order valence-electron chi connectivity index (χ1n) is 15.6. The van der Waals surface area contributed by atoms with Gasteiger partial charge >= 0.3 is 11.2 Å². The number of hydrogen-bond donors (Lipinski definition) is 3. The Balaban J connectivity index is 1.56. The summed E-state index contributed by atoms with van der Waals surface area (Å²) in [7, 11) is -4.08. The molecule has 1 unspecified atom stereocenters. The number of aliphatic hydroxyl groups is 1. The summed E-state index contributed by atoms with van der Waals surface area (Å²) >= 11 is 0.876. The second-order valence-corrected chi connectivity index (χ2v) is 15.3. The van der Waals surface area contributed by atoms with Gasteiger partial charge in [0.15, 0.2) is 5.69 Å². The summed E-state index contributed by atoms with van der Waals surface area (Å²) < 4.78 is 28.5. The van der Waals surface area contributed by atoms with Gasteiger partial charge in [-0.3, -0.25) is 4.79 Å². The number of phenols is 1. The fourth-order valence-electron chi connectivity index (χ4n) is 5.66. The third-order valence-corrected chi connectivity index (χ3v) is 10.6. The highest BCUT2D eigenvalue weighted by molar-refractivity contribution is 7.89. The van der Waals surface area contributed by atoms with E-state index in [0.717, 1.165) is 16.9 Å². The van der Waals surface area contributed by atoms with Gasteiger partial charge in [0.1, 0.15) is 11.8 Å². The fourth-order valence-corrected chi connectivity index (χ4v) is 7.91. The fraction of sp³-hybridized carbons (Fsp3) is 0.469. The number of aromatic hydroxyl groups is 1. The quantitative estimate of drug-likeness (QED) is 0.148. The van der Waals surface area contributed by atoms with Crippen LogP contribution in [0.2, 0.25) is 0 Å². The number of carbonyl (C=O) groups is 2. The minimum Gasteiger partial charge on any atom is -0.508 e. The third-order valence-electron chi connectivity index (χ3n) is 7.94. The molecule has 0 bridgehead atoms. The van der Waals surface area contributed by atoms with Crippen molar-refractivity contribution in [2.45, 2.75) is 63.7 Å². The monoisotopic (exact) mass is 702 g/mol. The first-order valence-corrected chi connectivity index (χ1v) is 17.9. The molecule has 3 atom stereocenters. The SMILES string of the molecule is CC(C)CN(C[C@@H](O)[C@H](Cc1ccccc1)NC(=O)C(C(C)C)N1CCN(Cc2csc([N+](=O)[O-])n2)C1=O)S(=O)(=O)c1ccc(O)cc1. The van der Waals surface area contributed by atoms with E-state index < -0.39 is 45.1 Å². The number of nitrogens with one attached hydrogen (secondary N) is 1. The normalized spacial score (nSPS) is 15.7. The van der Waals surface area contributed by atoms with Gasteiger partial charge in [0.05, 0.1) is 23.6 Å². The maximum atomic E-state index is 14.0. The predicted octanol–water partition coefficient (Wildman–Crippen LogP) is 3.45. The number of aliphatic hydroxyl groups excluding tert-OH is 1. The zero-order valence-electron chi connectivity index (χ0n) is 27.3. The van der Waals surface area contributed by atoms with Crippen LogP contribution in [0.15, 0.2) is 64.9 Å². The molecule has 0 aliphatic carbocycles. The predicted molar refractivity (Wildman–Crippen MR) is 180 cm³/mol. The van der Waals surface area contributed by atoms with E-state index in [1.54, 1.807) is 13.8 Å². The van der Waals surface area contributed by atoms with Crippen molar-refractivity contribution >= 4 is 38.4 Å². The lowest BCUT2D eigenvalue weighted by atomic mass is 9.97. The Morgan fingerprint density at radius 3 is 2.33 bits per heavy atom. The van der Waals surface area contributed by atoms with Crippen molar-refractivity contribution in [1.82, 2.24) is 24.4 Å². The molecule has 48 heavy (non-hydrogen) atoms. The number of carbonyl (C=O) groups excluding carboxylic acids is 2. The van der Waals surface area contributed by atoms with Gasteiger partial charge in [-0.25, -0.2) is 13.2 Å². The van der Waals surface area contributed by atoms with Crippen LogP contribution in [0.25, 0.3) is 0 Å². The number of nitro groups is 1. The number of thiazole rings is 1. The second-order valence-electron chi connectivity index (χ2n) is 12.5. The average molecular weight is 703 g/mol. The van der Waals surface area contributed by atoms with Crippen molar-refractivity contribution in [3.8, 4) is 5.75 Å². The van der Waals surface area contributed by atoms with Gasteiger partial charge in [-0.1, -0.05) is 58.0 Å². The molecule has 4 rings (SSSR count). The Bertz CT molecular complexity index is 1670. The number of rotatable bonds is 16. The Morgan fingerprint density at radius 1 is 1.08 bits per heavy atom. The maximum Gasteiger partial charge on any atom is 0.423 e. The lowest BCUT2D eigenvalue weighted by Crippen LogP contribution is -2.57. The molecule has 16 heteroatoms. The van der Waals surface area contributed by atoms with E-state index in [4.69, 9.17) is 0 Å². The van der Waals surface area contributed by atoms with Crippen LogP contribution in [-0.2, 0) is 27.8 Å². The largest absolute Gasteiger partial charge is 0.508 e. The van der Waals surface area contributed by atoms with Gasteiger partial charge in [0.2, 0.25) is 15.9 Å². The second kappa shape index (κ2) is 15.9. The van der Waals surface area contributed by atoms with Gasteiger partial charge < -0.3 is 35.4 Å². The molecular formula is C32H42N6O8S2. The molecule has 2 heterocycles. The number of urea groups is 1. The molecule has 2 aromatic carbocycles. The Kier molecular flexibility index (Phi) is 12.1. The van der Waals surface area contributed by atoms with Gasteiger partial charge in [-0.2, -0.15) is 4.31 Å². The van der Waals surface area contributed by atoms with E-state index >= 15 is 0 Å². The van der Waals surface area contributed by atoms with Crippen LogP contribution in [0.1, 0.15) is 39.0 Å². The van der Waals surface area contributed by atoms with Crippen molar-refractivity contribution < 1.29 is 33.1 Å². The average Bonchev–Trinajstić information content (AvgIpc) is 3.64. The summed E-state index contributed by atoms with van der Waals surface area (Å²) in [6.45, 7) is 7.69. The number of phenolic OH excluding ortho intramolecular Hbond substituents is 1. The molecule has 3 amide bonds. The van der Waals surface area contributed by atoms with E-state index in [-0.39, 0.29) is 66.8 Å². The van der Waals surface area contributed by atoms with E-state index in [0.29, 0.717) is 5.69 Å². The number of sulfonamides is 1. The minimum atomic E-state index is -4.08. The van der Waals surface area contributed by atoms with Crippen LogP contribution in [0, 0.1) is 22.0 Å². The Labute approximate surface area is 284 Å². The van der Waals surface area contributed by atoms with Crippen LogP contribution in [0.5, 0.6) is 5.75 Å². The molecule has 1 aromatic heterocycles. The lowest BCUT2D eigenvalue weighted by molar-refractivity contribution is -0.384. The van der Waals surface area contributed by atoms with Crippen molar-refractivity contribution in [3.63, 3.8) is 0 Å². The zero-order valence-corrected chi connectivity index (χ0v) is 28.9. The topological polar surface area (TPSA) is 187 Å². The number of aromatic nitrogens is 1. The number of hydrogen-bond acceptors (Lipinski definition) is 10. The highest BCUT2D eigenvalue weighted by atomic mass is 32.2. The van der Waals surface area contributed by atoms with Crippen molar-refractivity contribution in [2.75, 3.05) is 26.2 Å². The van der Waals surface area contributed by atoms with E-state index in [2.05, 4.69) is 10.3 Å². The molecule has 1 fully saturated rings. The van der Waals surface area contributed by atoms with Gasteiger partial charge in [-0.05, 0) is 69.3 Å². The summed E-state index contributed by atoms with van der Waals surface area (Å²) in [5.74, 6) is -0.991. The van der Waals surface area contributed by atoms with Crippen LogP contribution in [-0.4, -0.2) is 98.9 Å². The zero-order chi connectivity index (χ0) is 35.2. The molecule has 260 valence electrons. The molecule has 0 spiro atoms. The third kappa shape index (κ3) is 9.06. The van der Waals surface area contributed by atoms with Crippen molar-refractivity contribution in [3.05, 3.63) is 81.3 Å². The first-order chi connectivity index (χ1) is 22.7. The maximum absolute atomic E-state index is 14.0.